The van der Waals surface area contributed by atoms with Crippen LogP contribution in [0.1, 0.15) is 32.3 Å². The number of benzene rings is 1. The van der Waals surface area contributed by atoms with Crippen molar-refractivity contribution in [2.24, 2.45) is 5.92 Å². The smallest absolute Gasteiger partial charge is 0.0574 e. The van der Waals surface area contributed by atoms with Crippen LogP contribution in [0.2, 0.25) is 5.02 Å². The summed E-state index contributed by atoms with van der Waals surface area (Å²) in [4.78, 5) is 2.34. The van der Waals surface area contributed by atoms with Crippen LogP contribution in [-0.2, 0) is 6.54 Å². The molecule has 1 heterocycles. The zero-order valence-corrected chi connectivity index (χ0v) is 13.2. The van der Waals surface area contributed by atoms with Crippen molar-refractivity contribution >= 4 is 17.3 Å². The van der Waals surface area contributed by atoms with Gasteiger partial charge >= 0.3 is 0 Å². The lowest BCUT2D eigenvalue weighted by Gasteiger charge is -2.33. The molecule has 0 radical (unpaired) electrons. The van der Waals surface area contributed by atoms with Crippen molar-refractivity contribution in [3.63, 3.8) is 0 Å². The van der Waals surface area contributed by atoms with Crippen LogP contribution in [-0.4, -0.2) is 30.8 Å². The molecule has 0 amide bonds. The van der Waals surface area contributed by atoms with E-state index in [0.717, 1.165) is 44.0 Å². The van der Waals surface area contributed by atoms with Crippen molar-refractivity contribution in [3.8, 4) is 0 Å². The Bertz CT molecular complexity index is 428. The molecule has 0 aromatic heterocycles. The van der Waals surface area contributed by atoms with Crippen molar-refractivity contribution in [2.45, 2.75) is 39.3 Å². The highest BCUT2D eigenvalue weighted by atomic mass is 35.5. The molecule has 20 heavy (non-hydrogen) atoms. The predicted octanol–water partition coefficient (Wildman–Crippen LogP) is 3.05. The molecule has 2 N–H and O–H groups in total. The van der Waals surface area contributed by atoms with Gasteiger partial charge in [-0.05, 0) is 37.4 Å². The third kappa shape index (κ3) is 4.11. The molecule has 1 fully saturated rings. The second-order valence-corrected chi connectivity index (χ2v) is 6.39. The first-order chi connectivity index (χ1) is 9.58. The monoisotopic (exact) mass is 296 g/mol. The SMILES string of the molecule is CC(C)CNCc1c(Cl)cccc1N1CCC(O)CC1. The van der Waals surface area contributed by atoms with Gasteiger partial charge in [0.1, 0.15) is 0 Å². The van der Waals surface area contributed by atoms with E-state index in [2.05, 4.69) is 30.1 Å². The van der Waals surface area contributed by atoms with Gasteiger partial charge in [0.15, 0.2) is 0 Å². The molecule has 1 aromatic rings. The summed E-state index contributed by atoms with van der Waals surface area (Å²) in [5.74, 6) is 0.631. The second-order valence-electron chi connectivity index (χ2n) is 5.98. The van der Waals surface area contributed by atoms with Gasteiger partial charge in [0.2, 0.25) is 0 Å². The van der Waals surface area contributed by atoms with Crippen LogP contribution in [0.15, 0.2) is 18.2 Å². The van der Waals surface area contributed by atoms with E-state index in [1.807, 2.05) is 12.1 Å². The van der Waals surface area contributed by atoms with Crippen LogP contribution >= 0.6 is 11.6 Å². The standard InChI is InChI=1S/C16H25ClN2O/c1-12(2)10-18-11-14-15(17)4-3-5-16(14)19-8-6-13(20)7-9-19/h3-5,12-13,18,20H,6-11H2,1-2H3. The Balaban J connectivity index is 2.09. The Morgan fingerprint density at radius 3 is 2.70 bits per heavy atom. The summed E-state index contributed by atoms with van der Waals surface area (Å²) < 4.78 is 0. The number of piperidine rings is 1. The van der Waals surface area contributed by atoms with Crippen LogP contribution in [0.4, 0.5) is 5.69 Å². The van der Waals surface area contributed by atoms with Crippen molar-refractivity contribution in [3.05, 3.63) is 28.8 Å². The summed E-state index contributed by atoms with van der Waals surface area (Å²) in [5.41, 5.74) is 2.38. The molecular formula is C16H25ClN2O. The normalized spacial score (nSPS) is 16.9. The Morgan fingerprint density at radius 2 is 2.05 bits per heavy atom. The quantitative estimate of drug-likeness (QED) is 0.877. The van der Waals surface area contributed by atoms with E-state index < -0.39 is 0 Å². The molecule has 1 aromatic carbocycles. The number of aliphatic hydroxyl groups excluding tert-OH is 1. The summed E-state index contributed by atoms with van der Waals surface area (Å²) in [5, 5.41) is 13.9. The van der Waals surface area contributed by atoms with E-state index in [0.29, 0.717) is 5.92 Å². The summed E-state index contributed by atoms with van der Waals surface area (Å²) in [6, 6.07) is 6.10. The molecule has 0 bridgehead atoms. The first kappa shape index (κ1) is 15.6. The Labute approximate surface area is 126 Å². The first-order valence-corrected chi connectivity index (χ1v) is 7.87. The largest absolute Gasteiger partial charge is 0.393 e. The first-order valence-electron chi connectivity index (χ1n) is 7.49. The number of hydrogen-bond acceptors (Lipinski definition) is 3. The van der Waals surface area contributed by atoms with E-state index in [1.54, 1.807) is 0 Å². The predicted molar refractivity (Wildman–Crippen MR) is 85.5 cm³/mol. The number of nitrogens with one attached hydrogen (secondary N) is 1. The van der Waals surface area contributed by atoms with Crippen LogP contribution < -0.4 is 10.2 Å². The van der Waals surface area contributed by atoms with E-state index in [9.17, 15) is 5.11 Å². The topological polar surface area (TPSA) is 35.5 Å². The fraction of sp³-hybridized carbons (Fsp3) is 0.625. The molecule has 0 unspecified atom stereocenters. The van der Waals surface area contributed by atoms with Gasteiger partial charge in [-0.3, -0.25) is 0 Å². The van der Waals surface area contributed by atoms with E-state index in [1.165, 1.54) is 11.3 Å². The molecule has 112 valence electrons. The second kappa shape index (κ2) is 7.30. The van der Waals surface area contributed by atoms with Gasteiger partial charge in [-0.25, -0.2) is 0 Å². The molecule has 0 atom stereocenters. The fourth-order valence-corrected chi connectivity index (χ4v) is 2.85. The maximum absolute atomic E-state index is 9.64. The lowest BCUT2D eigenvalue weighted by atomic mass is 10.0. The van der Waals surface area contributed by atoms with E-state index >= 15 is 0 Å². The van der Waals surface area contributed by atoms with Gasteiger partial charge in [-0.2, -0.15) is 0 Å². The Hall–Kier alpha value is -0.770. The van der Waals surface area contributed by atoms with Crippen molar-refractivity contribution < 1.29 is 5.11 Å². The van der Waals surface area contributed by atoms with E-state index in [4.69, 9.17) is 11.6 Å². The van der Waals surface area contributed by atoms with Gasteiger partial charge in [-0.15, -0.1) is 0 Å². The number of nitrogens with zero attached hydrogens (tertiary/aromatic N) is 1. The molecule has 3 nitrogen and oxygen atoms in total. The minimum Gasteiger partial charge on any atom is -0.393 e. The van der Waals surface area contributed by atoms with Crippen molar-refractivity contribution in [2.75, 3.05) is 24.5 Å². The highest BCUT2D eigenvalue weighted by Gasteiger charge is 2.20. The van der Waals surface area contributed by atoms with Crippen LogP contribution in [0.5, 0.6) is 0 Å². The van der Waals surface area contributed by atoms with Gasteiger partial charge in [0.25, 0.3) is 0 Å². The third-order valence-corrected chi connectivity index (χ3v) is 4.11. The van der Waals surface area contributed by atoms with Gasteiger partial charge in [-0.1, -0.05) is 31.5 Å². The van der Waals surface area contributed by atoms with Crippen LogP contribution in [0, 0.1) is 5.92 Å². The maximum atomic E-state index is 9.64. The third-order valence-electron chi connectivity index (χ3n) is 3.75. The number of halogens is 1. The average Bonchev–Trinajstić information content (AvgIpc) is 2.41. The summed E-state index contributed by atoms with van der Waals surface area (Å²) >= 11 is 6.38. The molecular weight excluding hydrogens is 272 g/mol. The zero-order valence-electron chi connectivity index (χ0n) is 12.4. The summed E-state index contributed by atoms with van der Waals surface area (Å²) in [6.45, 7) is 7.99. The van der Waals surface area contributed by atoms with Crippen LogP contribution in [0.3, 0.4) is 0 Å². The zero-order chi connectivity index (χ0) is 14.5. The number of aliphatic hydroxyl groups is 1. The lowest BCUT2D eigenvalue weighted by Crippen LogP contribution is -2.36. The van der Waals surface area contributed by atoms with Gasteiger partial charge in [0, 0.05) is 35.9 Å². The highest BCUT2D eigenvalue weighted by Crippen LogP contribution is 2.29. The van der Waals surface area contributed by atoms with Crippen molar-refractivity contribution in [1.82, 2.24) is 5.32 Å². The fourth-order valence-electron chi connectivity index (χ4n) is 2.61. The number of anilines is 1. The lowest BCUT2D eigenvalue weighted by molar-refractivity contribution is 0.145. The molecule has 0 aliphatic carbocycles. The van der Waals surface area contributed by atoms with E-state index in [-0.39, 0.29) is 6.10 Å². The number of hydrogen-bond donors (Lipinski definition) is 2. The average molecular weight is 297 g/mol. The summed E-state index contributed by atoms with van der Waals surface area (Å²) in [6.07, 6.45) is 1.53. The molecule has 1 aliphatic heterocycles. The molecule has 4 heteroatoms. The summed E-state index contributed by atoms with van der Waals surface area (Å²) in [7, 11) is 0. The molecule has 1 aliphatic rings. The molecule has 0 spiro atoms. The van der Waals surface area contributed by atoms with Gasteiger partial charge in [0.05, 0.1) is 6.10 Å². The minimum absolute atomic E-state index is 0.145. The molecule has 2 rings (SSSR count). The molecule has 0 saturated carbocycles. The molecule has 1 saturated heterocycles. The van der Waals surface area contributed by atoms with Crippen molar-refractivity contribution in [1.29, 1.82) is 0 Å². The Morgan fingerprint density at radius 1 is 1.35 bits per heavy atom. The maximum Gasteiger partial charge on any atom is 0.0574 e. The van der Waals surface area contributed by atoms with Gasteiger partial charge < -0.3 is 15.3 Å². The number of rotatable bonds is 5. The Kier molecular flexibility index (Phi) is 5.70. The van der Waals surface area contributed by atoms with Crippen LogP contribution in [0.25, 0.3) is 0 Å². The highest BCUT2D eigenvalue weighted by molar-refractivity contribution is 6.31. The minimum atomic E-state index is -0.145.